The van der Waals surface area contributed by atoms with Crippen molar-refractivity contribution in [1.82, 2.24) is 0 Å². The molecule has 1 aliphatic carbocycles. The summed E-state index contributed by atoms with van der Waals surface area (Å²) in [4.78, 5) is 10.8. The molecule has 1 atom stereocenters. The minimum absolute atomic E-state index is 0.434. The molecule has 2 rings (SSSR count). The SMILES string of the molecule is CC(C)c1cccc(C(C)C2CC2)c1NC=O. The minimum Gasteiger partial charge on any atom is -0.328 e. The summed E-state index contributed by atoms with van der Waals surface area (Å²) >= 11 is 0. The van der Waals surface area contributed by atoms with E-state index in [1.807, 2.05) is 0 Å². The normalized spacial score (nSPS) is 16.9. The highest BCUT2D eigenvalue weighted by atomic mass is 16.1. The molecule has 1 fully saturated rings. The molecule has 1 N–H and O–H groups in total. The molecule has 0 bridgehead atoms. The van der Waals surface area contributed by atoms with Crippen molar-refractivity contribution in [2.24, 2.45) is 5.92 Å². The maximum atomic E-state index is 10.8. The standard InChI is InChI=1S/C15H21NO/c1-10(2)13-5-4-6-14(15(13)16-9-17)11(3)12-7-8-12/h4-6,9-12H,7-8H2,1-3H3,(H,16,17). The van der Waals surface area contributed by atoms with Gasteiger partial charge in [0.25, 0.3) is 0 Å². The molecule has 1 aliphatic rings. The Kier molecular flexibility index (Phi) is 3.51. The zero-order valence-electron chi connectivity index (χ0n) is 10.9. The smallest absolute Gasteiger partial charge is 0.211 e. The molecule has 1 amide bonds. The Hall–Kier alpha value is -1.31. The highest BCUT2D eigenvalue weighted by Crippen LogP contribution is 2.45. The van der Waals surface area contributed by atoms with E-state index in [0.717, 1.165) is 18.0 Å². The van der Waals surface area contributed by atoms with Gasteiger partial charge in [-0.25, -0.2) is 0 Å². The van der Waals surface area contributed by atoms with E-state index < -0.39 is 0 Å². The topological polar surface area (TPSA) is 29.1 Å². The van der Waals surface area contributed by atoms with Crippen LogP contribution in [0.1, 0.15) is 56.6 Å². The average molecular weight is 231 g/mol. The summed E-state index contributed by atoms with van der Waals surface area (Å²) < 4.78 is 0. The van der Waals surface area contributed by atoms with Gasteiger partial charge in [0.1, 0.15) is 0 Å². The van der Waals surface area contributed by atoms with E-state index in [1.165, 1.54) is 24.0 Å². The third-order valence-electron chi connectivity index (χ3n) is 3.77. The van der Waals surface area contributed by atoms with E-state index in [0.29, 0.717) is 11.8 Å². The van der Waals surface area contributed by atoms with Gasteiger partial charge < -0.3 is 5.32 Å². The molecule has 17 heavy (non-hydrogen) atoms. The van der Waals surface area contributed by atoms with E-state index in [9.17, 15) is 4.79 Å². The monoisotopic (exact) mass is 231 g/mol. The summed E-state index contributed by atoms with van der Waals surface area (Å²) in [6.07, 6.45) is 3.45. The summed E-state index contributed by atoms with van der Waals surface area (Å²) in [5.41, 5.74) is 3.57. The second kappa shape index (κ2) is 4.91. The number of para-hydroxylation sites is 1. The minimum atomic E-state index is 0.434. The third-order valence-corrected chi connectivity index (χ3v) is 3.77. The molecular formula is C15H21NO. The van der Waals surface area contributed by atoms with Crippen molar-refractivity contribution in [3.63, 3.8) is 0 Å². The Bertz CT molecular complexity index is 407. The van der Waals surface area contributed by atoms with Crippen molar-refractivity contribution >= 4 is 12.1 Å². The van der Waals surface area contributed by atoms with Crippen molar-refractivity contribution in [3.8, 4) is 0 Å². The molecule has 0 radical (unpaired) electrons. The predicted molar refractivity (Wildman–Crippen MR) is 71.4 cm³/mol. The van der Waals surface area contributed by atoms with Crippen LogP contribution in [-0.2, 0) is 4.79 Å². The van der Waals surface area contributed by atoms with Crippen LogP contribution < -0.4 is 5.32 Å². The Morgan fingerprint density at radius 2 is 1.88 bits per heavy atom. The van der Waals surface area contributed by atoms with E-state index >= 15 is 0 Å². The molecular weight excluding hydrogens is 210 g/mol. The maximum Gasteiger partial charge on any atom is 0.211 e. The lowest BCUT2D eigenvalue weighted by molar-refractivity contribution is -0.105. The van der Waals surface area contributed by atoms with Gasteiger partial charge in [-0.15, -0.1) is 0 Å². The molecule has 0 aromatic heterocycles. The highest BCUT2D eigenvalue weighted by Gasteiger charge is 2.30. The fourth-order valence-electron chi connectivity index (χ4n) is 2.53. The van der Waals surface area contributed by atoms with Gasteiger partial charge in [-0.05, 0) is 41.7 Å². The summed E-state index contributed by atoms with van der Waals surface area (Å²) in [5, 5.41) is 2.91. The van der Waals surface area contributed by atoms with E-state index in [1.54, 1.807) is 0 Å². The van der Waals surface area contributed by atoms with E-state index in [4.69, 9.17) is 0 Å². The van der Waals surface area contributed by atoms with Crippen LogP contribution in [0.3, 0.4) is 0 Å². The van der Waals surface area contributed by atoms with Crippen LogP contribution in [0.2, 0.25) is 0 Å². The molecule has 0 heterocycles. The first-order chi connectivity index (χ1) is 8.15. The number of hydrogen-bond acceptors (Lipinski definition) is 1. The second-order valence-electron chi connectivity index (χ2n) is 5.35. The fraction of sp³-hybridized carbons (Fsp3) is 0.533. The zero-order chi connectivity index (χ0) is 12.4. The van der Waals surface area contributed by atoms with Crippen LogP contribution in [-0.4, -0.2) is 6.41 Å². The first kappa shape index (κ1) is 12.2. The van der Waals surface area contributed by atoms with Gasteiger partial charge in [-0.1, -0.05) is 39.0 Å². The summed E-state index contributed by atoms with van der Waals surface area (Å²) in [5.74, 6) is 1.80. The number of nitrogens with one attached hydrogen (secondary N) is 1. The van der Waals surface area contributed by atoms with E-state index in [-0.39, 0.29) is 0 Å². The lowest BCUT2D eigenvalue weighted by Gasteiger charge is -2.20. The van der Waals surface area contributed by atoms with Gasteiger partial charge in [-0.2, -0.15) is 0 Å². The summed E-state index contributed by atoms with van der Waals surface area (Å²) in [7, 11) is 0. The number of carbonyl (C=O) groups is 1. The molecule has 2 heteroatoms. The third kappa shape index (κ3) is 2.51. The Balaban J connectivity index is 2.41. The number of amides is 1. The van der Waals surface area contributed by atoms with Gasteiger partial charge in [0.05, 0.1) is 0 Å². The molecule has 0 aliphatic heterocycles. The first-order valence-corrected chi connectivity index (χ1v) is 6.48. The second-order valence-corrected chi connectivity index (χ2v) is 5.35. The van der Waals surface area contributed by atoms with Crippen LogP contribution in [0, 0.1) is 5.92 Å². The average Bonchev–Trinajstić information content (AvgIpc) is 3.12. The molecule has 1 aromatic rings. The van der Waals surface area contributed by atoms with E-state index in [2.05, 4.69) is 44.3 Å². The molecule has 0 saturated heterocycles. The summed E-state index contributed by atoms with van der Waals surface area (Å²) in [6.45, 7) is 6.60. The summed E-state index contributed by atoms with van der Waals surface area (Å²) in [6, 6.07) is 6.37. The quantitative estimate of drug-likeness (QED) is 0.765. The van der Waals surface area contributed by atoms with Gasteiger partial charge in [0.2, 0.25) is 6.41 Å². The first-order valence-electron chi connectivity index (χ1n) is 6.48. The van der Waals surface area contributed by atoms with Crippen molar-refractivity contribution in [1.29, 1.82) is 0 Å². The molecule has 92 valence electrons. The van der Waals surface area contributed by atoms with Crippen molar-refractivity contribution < 1.29 is 4.79 Å². The van der Waals surface area contributed by atoms with Crippen LogP contribution >= 0.6 is 0 Å². The number of rotatable bonds is 5. The fourth-order valence-corrected chi connectivity index (χ4v) is 2.53. The van der Waals surface area contributed by atoms with Crippen LogP contribution in [0.25, 0.3) is 0 Å². The van der Waals surface area contributed by atoms with Gasteiger partial charge in [0.15, 0.2) is 0 Å². The molecule has 0 spiro atoms. The van der Waals surface area contributed by atoms with Crippen molar-refractivity contribution in [2.75, 3.05) is 5.32 Å². The Morgan fingerprint density at radius 1 is 1.24 bits per heavy atom. The molecule has 1 saturated carbocycles. The number of carbonyl (C=O) groups excluding carboxylic acids is 1. The lowest BCUT2D eigenvalue weighted by Crippen LogP contribution is -2.07. The van der Waals surface area contributed by atoms with Crippen LogP contribution in [0.5, 0.6) is 0 Å². The number of anilines is 1. The molecule has 1 aromatic carbocycles. The Morgan fingerprint density at radius 3 is 2.41 bits per heavy atom. The van der Waals surface area contributed by atoms with Crippen molar-refractivity contribution in [3.05, 3.63) is 29.3 Å². The van der Waals surface area contributed by atoms with Gasteiger partial charge in [0, 0.05) is 5.69 Å². The Labute approximate surface area is 103 Å². The number of benzene rings is 1. The molecule has 2 nitrogen and oxygen atoms in total. The number of hydrogen-bond donors (Lipinski definition) is 1. The largest absolute Gasteiger partial charge is 0.328 e. The van der Waals surface area contributed by atoms with Crippen LogP contribution in [0.4, 0.5) is 5.69 Å². The maximum absolute atomic E-state index is 10.8. The van der Waals surface area contributed by atoms with Crippen molar-refractivity contribution in [2.45, 2.75) is 45.4 Å². The molecule has 1 unspecified atom stereocenters. The lowest BCUT2D eigenvalue weighted by atomic mass is 9.89. The highest BCUT2D eigenvalue weighted by molar-refractivity contribution is 5.76. The van der Waals surface area contributed by atoms with Gasteiger partial charge >= 0.3 is 0 Å². The zero-order valence-corrected chi connectivity index (χ0v) is 10.9. The predicted octanol–water partition coefficient (Wildman–Crippen LogP) is 3.89. The van der Waals surface area contributed by atoms with Gasteiger partial charge in [-0.3, -0.25) is 4.79 Å². The van der Waals surface area contributed by atoms with Crippen LogP contribution in [0.15, 0.2) is 18.2 Å².